The van der Waals surface area contributed by atoms with Crippen molar-refractivity contribution in [3.8, 4) is 0 Å². The van der Waals surface area contributed by atoms with E-state index in [0.717, 1.165) is 83.5 Å². The van der Waals surface area contributed by atoms with Gasteiger partial charge in [-0.2, -0.15) is 0 Å². The molecule has 0 aliphatic carbocycles. The molecule has 0 rings (SSSR count). The summed E-state index contributed by atoms with van der Waals surface area (Å²) < 4.78 is 33.9. The highest BCUT2D eigenvalue weighted by Crippen LogP contribution is 2.38. The van der Waals surface area contributed by atoms with Crippen LogP contribution in [0.25, 0.3) is 0 Å². The molecule has 328 valence electrons. The van der Waals surface area contributed by atoms with Crippen molar-refractivity contribution in [3.63, 3.8) is 0 Å². The van der Waals surface area contributed by atoms with Gasteiger partial charge in [0.1, 0.15) is 19.8 Å². The molecule has 0 spiro atoms. The number of ether oxygens (including phenoxy) is 2. The molecule has 0 aromatic rings. The van der Waals surface area contributed by atoms with Crippen molar-refractivity contribution in [1.29, 1.82) is 0 Å². The fourth-order valence-corrected chi connectivity index (χ4v) is 5.88. The van der Waals surface area contributed by atoms with Crippen LogP contribution in [-0.2, 0) is 32.7 Å². The van der Waals surface area contributed by atoms with Crippen molar-refractivity contribution in [1.82, 2.24) is 0 Å². The SMILES string of the molecule is CC/C=C/C=C/C=C/C=C/C=C/CCCCCCCC(=O)OC[C@H](COP(=O)([O-])OCC[N+](C)(C)C)OC(=O)CCCCCCCCC/C=C/C=C/C=C/C=C/CC. The third kappa shape index (κ3) is 42.3. The largest absolute Gasteiger partial charge is 0.756 e. The third-order valence-corrected chi connectivity index (χ3v) is 9.47. The average Bonchev–Trinajstić information content (AvgIpc) is 3.17. The lowest BCUT2D eigenvalue weighted by Gasteiger charge is -2.28. The molecule has 0 aromatic carbocycles. The van der Waals surface area contributed by atoms with E-state index in [9.17, 15) is 19.0 Å². The Hall–Kier alpha value is -3.33. The van der Waals surface area contributed by atoms with E-state index >= 15 is 0 Å². The zero-order valence-corrected chi connectivity index (χ0v) is 37.6. The molecular formula is C48H78NO8P. The Labute approximate surface area is 353 Å². The number of likely N-dealkylation sites (N-methyl/N-ethyl adjacent to an activating group) is 1. The fourth-order valence-electron chi connectivity index (χ4n) is 5.15. The summed E-state index contributed by atoms with van der Waals surface area (Å²) in [5.74, 6) is -0.894. The molecule has 0 fully saturated rings. The Morgan fingerprint density at radius 2 is 0.931 bits per heavy atom. The number of unbranched alkanes of at least 4 members (excludes halogenated alkanes) is 12. The molecule has 0 saturated heterocycles. The first-order valence-electron chi connectivity index (χ1n) is 21.7. The van der Waals surface area contributed by atoms with Gasteiger partial charge in [-0.25, -0.2) is 0 Å². The number of nitrogens with zero attached hydrogens (tertiary/aromatic N) is 1. The lowest BCUT2D eigenvalue weighted by molar-refractivity contribution is -0.870. The molecule has 0 amide bonds. The Kier molecular flexibility index (Phi) is 36.9. The molecule has 0 aromatic heterocycles. The maximum atomic E-state index is 12.7. The summed E-state index contributed by atoms with van der Waals surface area (Å²) in [4.78, 5) is 37.6. The average molecular weight is 828 g/mol. The van der Waals surface area contributed by atoms with Gasteiger partial charge in [-0.1, -0.05) is 175 Å². The molecule has 0 saturated carbocycles. The van der Waals surface area contributed by atoms with Crippen molar-refractivity contribution in [3.05, 3.63) is 109 Å². The highest BCUT2D eigenvalue weighted by molar-refractivity contribution is 7.45. The van der Waals surface area contributed by atoms with Crippen molar-refractivity contribution >= 4 is 19.8 Å². The van der Waals surface area contributed by atoms with Gasteiger partial charge in [0.15, 0.2) is 6.10 Å². The number of carbonyl (C=O) groups excluding carboxylic acids is 2. The molecule has 58 heavy (non-hydrogen) atoms. The van der Waals surface area contributed by atoms with Gasteiger partial charge >= 0.3 is 11.9 Å². The van der Waals surface area contributed by atoms with E-state index in [0.29, 0.717) is 23.9 Å². The Balaban J connectivity index is 4.47. The lowest BCUT2D eigenvalue weighted by atomic mass is 10.1. The van der Waals surface area contributed by atoms with Gasteiger partial charge in [0.25, 0.3) is 7.82 Å². The molecule has 0 N–H and O–H groups in total. The van der Waals surface area contributed by atoms with Gasteiger partial charge in [0, 0.05) is 12.8 Å². The maximum Gasteiger partial charge on any atom is 0.306 e. The van der Waals surface area contributed by atoms with Crippen LogP contribution < -0.4 is 4.89 Å². The van der Waals surface area contributed by atoms with Crippen LogP contribution in [-0.4, -0.2) is 70.0 Å². The number of esters is 2. The molecule has 9 nitrogen and oxygen atoms in total. The predicted octanol–water partition coefficient (Wildman–Crippen LogP) is 11.7. The van der Waals surface area contributed by atoms with Crippen LogP contribution in [0.2, 0.25) is 0 Å². The molecule has 0 bridgehead atoms. The lowest BCUT2D eigenvalue weighted by Crippen LogP contribution is -2.37. The summed E-state index contributed by atoms with van der Waals surface area (Å²) in [6, 6.07) is 0. The van der Waals surface area contributed by atoms with Crippen molar-refractivity contribution in [2.75, 3.05) is 47.5 Å². The molecule has 0 radical (unpaired) electrons. The van der Waals surface area contributed by atoms with Crippen LogP contribution in [0, 0.1) is 0 Å². The minimum atomic E-state index is -4.64. The number of hydrogen-bond acceptors (Lipinski definition) is 8. The minimum Gasteiger partial charge on any atom is -0.756 e. The predicted molar refractivity (Wildman–Crippen MR) is 240 cm³/mol. The smallest absolute Gasteiger partial charge is 0.306 e. The van der Waals surface area contributed by atoms with E-state index in [1.54, 1.807) is 0 Å². The van der Waals surface area contributed by atoms with Crippen LogP contribution in [0.15, 0.2) is 109 Å². The second kappa shape index (κ2) is 39.1. The first kappa shape index (κ1) is 54.7. The van der Waals surface area contributed by atoms with Gasteiger partial charge in [-0.15, -0.1) is 0 Å². The number of carbonyl (C=O) groups is 2. The van der Waals surface area contributed by atoms with Crippen LogP contribution in [0.3, 0.4) is 0 Å². The fraction of sp³-hybridized carbons (Fsp3) is 0.583. The van der Waals surface area contributed by atoms with Crippen molar-refractivity contribution in [2.24, 2.45) is 0 Å². The standard InChI is InChI=1S/C48H78NO8P/c1-6-8-10-12-14-16-18-20-22-24-26-28-30-32-34-36-38-40-47(50)54-44-46(45-56-58(52,53)55-43-42-49(3,4)5)57-48(51)41-39-37-35-33-31-29-27-25-23-21-19-17-15-13-11-9-7-2/h8-24,26,46H,6-7,25,27-45H2,1-5H3/b10-8+,11-9+,14-12+,15-13+,18-16+,19-17+,22-20+,23-21+,26-24+/t46-/m1/s1. The van der Waals surface area contributed by atoms with Gasteiger partial charge in [0.2, 0.25) is 0 Å². The van der Waals surface area contributed by atoms with E-state index in [1.807, 2.05) is 88.0 Å². The van der Waals surface area contributed by atoms with Crippen LogP contribution in [0.4, 0.5) is 0 Å². The van der Waals surface area contributed by atoms with Gasteiger partial charge in [-0.05, 0) is 51.4 Å². The van der Waals surface area contributed by atoms with Crippen LogP contribution >= 0.6 is 7.82 Å². The summed E-state index contributed by atoms with van der Waals surface area (Å²) in [7, 11) is 1.11. The first-order valence-corrected chi connectivity index (χ1v) is 23.2. The topological polar surface area (TPSA) is 111 Å². The quantitative estimate of drug-likeness (QED) is 0.0200. The zero-order valence-electron chi connectivity index (χ0n) is 36.7. The summed E-state index contributed by atoms with van der Waals surface area (Å²) >= 11 is 0. The van der Waals surface area contributed by atoms with Crippen LogP contribution in [0.5, 0.6) is 0 Å². The molecule has 1 unspecified atom stereocenters. The highest BCUT2D eigenvalue weighted by atomic mass is 31.2. The Morgan fingerprint density at radius 1 is 0.534 bits per heavy atom. The van der Waals surface area contributed by atoms with Crippen LogP contribution in [0.1, 0.15) is 129 Å². The number of phosphoric acid groups is 1. The summed E-state index contributed by atoms with van der Waals surface area (Å²) in [5, 5.41) is 0. The number of quaternary nitrogens is 1. The van der Waals surface area contributed by atoms with E-state index in [4.69, 9.17) is 18.5 Å². The van der Waals surface area contributed by atoms with Gasteiger partial charge in [-0.3, -0.25) is 14.2 Å². The number of allylic oxidation sites excluding steroid dienone is 18. The maximum absolute atomic E-state index is 12.7. The Morgan fingerprint density at radius 3 is 1.38 bits per heavy atom. The second-order valence-electron chi connectivity index (χ2n) is 15.2. The molecule has 0 heterocycles. The summed E-state index contributed by atoms with van der Waals surface area (Å²) in [6.45, 7) is 3.86. The third-order valence-electron chi connectivity index (χ3n) is 8.51. The summed E-state index contributed by atoms with van der Waals surface area (Å²) in [5.41, 5.74) is 0. The number of phosphoric ester groups is 1. The van der Waals surface area contributed by atoms with E-state index < -0.39 is 32.5 Å². The second-order valence-corrected chi connectivity index (χ2v) is 16.6. The molecule has 0 aliphatic rings. The van der Waals surface area contributed by atoms with Crippen molar-refractivity contribution in [2.45, 2.75) is 136 Å². The first-order chi connectivity index (χ1) is 28.0. The highest BCUT2D eigenvalue weighted by Gasteiger charge is 2.21. The normalized spacial score (nSPS) is 14.7. The molecule has 2 atom stereocenters. The van der Waals surface area contributed by atoms with Crippen molar-refractivity contribution < 1.29 is 42.1 Å². The number of rotatable bonds is 37. The van der Waals surface area contributed by atoms with Gasteiger partial charge in [0.05, 0.1) is 27.7 Å². The monoisotopic (exact) mass is 828 g/mol. The summed E-state index contributed by atoms with van der Waals surface area (Å²) in [6.07, 6.45) is 52.5. The van der Waals surface area contributed by atoms with E-state index in [2.05, 4.69) is 56.4 Å². The van der Waals surface area contributed by atoms with E-state index in [-0.39, 0.29) is 26.1 Å². The Bertz CT molecular complexity index is 1350. The zero-order chi connectivity index (χ0) is 42.8. The molecular weight excluding hydrogens is 750 g/mol. The molecule has 0 aliphatic heterocycles. The molecule has 10 heteroatoms. The van der Waals surface area contributed by atoms with Gasteiger partial charge < -0.3 is 27.9 Å². The minimum absolute atomic E-state index is 0.0458. The number of hydrogen-bond donors (Lipinski definition) is 0. The van der Waals surface area contributed by atoms with E-state index in [1.165, 1.54) is 6.42 Å².